The number of fused-ring (bicyclic) bond motifs is 1. The fraction of sp³-hybridized carbons (Fsp3) is 0.316. The van der Waals surface area contributed by atoms with Crippen LogP contribution < -0.4 is 5.32 Å². The van der Waals surface area contributed by atoms with Gasteiger partial charge in [0.1, 0.15) is 12.4 Å². The molecule has 0 spiro atoms. The van der Waals surface area contributed by atoms with Crippen LogP contribution in [0.5, 0.6) is 0 Å². The van der Waals surface area contributed by atoms with Gasteiger partial charge in [0.15, 0.2) is 0 Å². The van der Waals surface area contributed by atoms with Crippen molar-refractivity contribution in [2.75, 3.05) is 13.2 Å². The van der Waals surface area contributed by atoms with Gasteiger partial charge in [-0.3, -0.25) is 4.79 Å². The van der Waals surface area contributed by atoms with Crippen molar-refractivity contribution in [3.63, 3.8) is 0 Å². The zero-order valence-corrected chi connectivity index (χ0v) is 14.9. The van der Waals surface area contributed by atoms with E-state index < -0.39 is 28.2 Å². The van der Waals surface area contributed by atoms with Crippen LogP contribution in [0, 0.1) is 5.82 Å². The SMILES string of the molecule is O=C(CO)NCC1CCCc2cc(S(=O)(=O)c3cccc(F)c3)ccc21. The topological polar surface area (TPSA) is 83.5 Å². The normalized spacial score (nSPS) is 16.8. The number of rotatable bonds is 5. The first-order valence-electron chi connectivity index (χ1n) is 8.43. The molecule has 0 saturated carbocycles. The van der Waals surface area contributed by atoms with Crippen LogP contribution in [0.1, 0.15) is 29.9 Å². The maximum Gasteiger partial charge on any atom is 0.245 e. The van der Waals surface area contributed by atoms with E-state index in [9.17, 15) is 17.6 Å². The van der Waals surface area contributed by atoms with Gasteiger partial charge in [-0.1, -0.05) is 12.1 Å². The highest BCUT2D eigenvalue weighted by atomic mass is 32.2. The standard InChI is InChI=1S/C19H20FNO4S/c20-15-5-2-6-16(10-15)26(24,25)17-7-8-18-13(9-17)3-1-4-14(18)11-21-19(23)12-22/h2,5-10,14,22H,1,3-4,11-12H2,(H,21,23). The average molecular weight is 377 g/mol. The number of halogens is 1. The zero-order chi connectivity index (χ0) is 18.7. The van der Waals surface area contributed by atoms with Crippen LogP contribution in [0.15, 0.2) is 52.3 Å². The molecule has 2 N–H and O–H groups in total. The van der Waals surface area contributed by atoms with Gasteiger partial charge in [-0.25, -0.2) is 12.8 Å². The van der Waals surface area contributed by atoms with E-state index in [1.54, 1.807) is 12.1 Å². The second-order valence-corrected chi connectivity index (χ2v) is 8.32. The van der Waals surface area contributed by atoms with E-state index in [0.29, 0.717) is 6.54 Å². The second-order valence-electron chi connectivity index (χ2n) is 6.37. The van der Waals surface area contributed by atoms with E-state index >= 15 is 0 Å². The quantitative estimate of drug-likeness (QED) is 0.837. The molecule has 1 amide bonds. The van der Waals surface area contributed by atoms with Crippen LogP contribution in [0.2, 0.25) is 0 Å². The Morgan fingerprint density at radius 1 is 1.19 bits per heavy atom. The summed E-state index contributed by atoms with van der Waals surface area (Å²) in [6.07, 6.45) is 2.52. The molecule has 0 fully saturated rings. The summed E-state index contributed by atoms with van der Waals surface area (Å²) in [6.45, 7) is -0.146. The predicted octanol–water partition coefficient (Wildman–Crippen LogP) is 2.19. The van der Waals surface area contributed by atoms with E-state index in [0.717, 1.165) is 36.5 Å². The summed E-state index contributed by atoms with van der Waals surface area (Å²) in [4.78, 5) is 11.3. The van der Waals surface area contributed by atoms with Crippen molar-refractivity contribution in [1.29, 1.82) is 0 Å². The Hall–Kier alpha value is -2.25. The Kier molecular flexibility index (Phi) is 5.38. The number of carbonyl (C=O) groups excluding carboxylic acids is 1. The summed E-state index contributed by atoms with van der Waals surface area (Å²) in [7, 11) is -3.78. The van der Waals surface area contributed by atoms with Crippen molar-refractivity contribution < 1.29 is 22.7 Å². The molecule has 138 valence electrons. The first kappa shape index (κ1) is 18.5. The number of amides is 1. The lowest BCUT2D eigenvalue weighted by atomic mass is 9.83. The Balaban J connectivity index is 1.90. The number of aliphatic hydroxyl groups is 1. The molecule has 1 unspecified atom stereocenters. The lowest BCUT2D eigenvalue weighted by molar-refractivity contribution is -0.123. The first-order chi connectivity index (χ1) is 12.4. The maximum absolute atomic E-state index is 13.4. The molecule has 0 bridgehead atoms. The number of sulfone groups is 1. The molecular formula is C19H20FNO4S. The van der Waals surface area contributed by atoms with Gasteiger partial charge in [-0.2, -0.15) is 0 Å². The van der Waals surface area contributed by atoms with Gasteiger partial charge in [0.25, 0.3) is 0 Å². The molecule has 26 heavy (non-hydrogen) atoms. The fourth-order valence-electron chi connectivity index (χ4n) is 3.33. The summed E-state index contributed by atoms with van der Waals surface area (Å²) in [5, 5.41) is 11.5. The average Bonchev–Trinajstić information content (AvgIpc) is 2.65. The minimum absolute atomic E-state index is 0.0694. The fourth-order valence-corrected chi connectivity index (χ4v) is 4.68. The maximum atomic E-state index is 13.4. The number of aliphatic hydroxyl groups excluding tert-OH is 1. The van der Waals surface area contributed by atoms with Crippen LogP contribution in [0.3, 0.4) is 0 Å². The number of nitrogens with one attached hydrogen (secondary N) is 1. The third-order valence-electron chi connectivity index (χ3n) is 4.66. The summed E-state index contributed by atoms with van der Waals surface area (Å²) in [6, 6.07) is 9.93. The van der Waals surface area contributed by atoms with Gasteiger partial charge in [-0.05, 0) is 60.7 Å². The van der Waals surface area contributed by atoms with Crippen molar-refractivity contribution in [3.05, 3.63) is 59.4 Å². The second kappa shape index (κ2) is 7.55. The highest BCUT2D eigenvalue weighted by Crippen LogP contribution is 2.34. The molecule has 7 heteroatoms. The Bertz CT molecular complexity index is 927. The van der Waals surface area contributed by atoms with Gasteiger partial charge >= 0.3 is 0 Å². The molecule has 1 aliphatic rings. The molecule has 0 radical (unpaired) electrons. The van der Waals surface area contributed by atoms with Crippen molar-refractivity contribution in [2.45, 2.75) is 35.0 Å². The van der Waals surface area contributed by atoms with Gasteiger partial charge in [0.05, 0.1) is 9.79 Å². The van der Waals surface area contributed by atoms with Gasteiger partial charge in [-0.15, -0.1) is 0 Å². The highest BCUT2D eigenvalue weighted by Gasteiger charge is 2.24. The van der Waals surface area contributed by atoms with Crippen LogP contribution in [-0.2, 0) is 21.1 Å². The van der Waals surface area contributed by atoms with Crippen molar-refractivity contribution >= 4 is 15.7 Å². The smallest absolute Gasteiger partial charge is 0.245 e. The number of hydrogen-bond acceptors (Lipinski definition) is 4. The summed E-state index contributed by atoms with van der Waals surface area (Å²) < 4.78 is 38.9. The van der Waals surface area contributed by atoms with Crippen LogP contribution >= 0.6 is 0 Å². The molecular weight excluding hydrogens is 357 g/mol. The minimum atomic E-state index is -3.78. The summed E-state index contributed by atoms with van der Waals surface area (Å²) in [5.41, 5.74) is 1.93. The summed E-state index contributed by atoms with van der Waals surface area (Å²) >= 11 is 0. The van der Waals surface area contributed by atoms with Crippen molar-refractivity contribution in [3.8, 4) is 0 Å². The zero-order valence-electron chi connectivity index (χ0n) is 14.1. The van der Waals surface area contributed by atoms with E-state index in [1.807, 2.05) is 0 Å². The predicted molar refractivity (Wildman–Crippen MR) is 94.1 cm³/mol. The molecule has 0 saturated heterocycles. The number of aryl methyl sites for hydroxylation is 1. The van der Waals surface area contributed by atoms with Crippen molar-refractivity contribution in [2.24, 2.45) is 0 Å². The molecule has 1 atom stereocenters. The Morgan fingerprint density at radius 3 is 2.69 bits per heavy atom. The molecule has 0 heterocycles. The number of benzene rings is 2. The van der Waals surface area contributed by atoms with Gasteiger partial charge in [0.2, 0.25) is 15.7 Å². The lowest BCUT2D eigenvalue weighted by Gasteiger charge is -2.26. The Morgan fingerprint density at radius 2 is 1.96 bits per heavy atom. The largest absolute Gasteiger partial charge is 0.387 e. The summed E-state index contributed by atoms with van der Waals surface area (Å²) in [5.74, 6) is -0.939. The first-order valence-corrected chi connectivity index (χ1v) is 9.91. The van der Waals surface area contributed by atoms with Gasteiger partial charge in [0, 0.05) is 12.5 Å². The van der Waals surface area contributed by atoms with E-state index in [-0.39, 0.29) is 15.7 Å². The highest BCUT2D eigenvalue weighted by molar-refractivity contribution is 7.91. The number of hydrogen-bond donors (Lipinski definition) is 2. The monoisotopic (exact) mass is 377 g/mol. The molecule has 2 aromatic rings. The van der Waals surface area contributed by atoms with E-state index in [1.165, 1.54) is 24.3 Å². The minimum Gasteiger partial charge on any atom is -0.387 e. The molecule has 2 aromatic carbocycles. The third kappa shape index (κ3) is 3.78. The Labute approximate surface area is 151 Å². The van der Waals surface area contributed by atoms with Crippen LogP contribution in [0.4, 0.5) is 4.39 Å². The molecule has 0 aliphatic heterocycles. The van der Waals surface area contributed by atoms with Crippen molar-refractivity contribution in [1.82, 2.24) is 5.32 Å². The van der Waals surface area contributed by atoms with Crippen LogP contribution in [-0.4, -0.2) is 32.6 Å². The molecule has 1 aliphatic carbocycles. The number of carbonyl (C=O) groups is 1. The van der Waals surface area contributed by atoms with E-state index in [4.69, 9.17) is 5.11 Å². The molecule has 5 nitrogen and oxygen atoms in total. The molecule has 0 aromatic heterocycles. The van der Waals surface area contributed by atoms with Crippen LogP contribution in [0.25, 0.3) is 0 Å². The lowest BCUT2D eigenvalue weighted by Crippen LogP contribution is -2.31. The molecule has 3 rings (SSSR count). The van der Waals surface area contributed by atoms with E-state index in [2.05, 4.69) is 5.32 Å². The third-order valence-corrected chi connectivity index (χ3v) is 6.41. The van der Waals surface area contributed by atoms with Gasteiger partial charge < -0.3 is 10.4 Å².